The molecule has 0 amide bonds. The van der Waals surface area contributed by atoms with Gasteiger partial charge in [-0.05, 0) is 12.5 Å². The Labute approximate surface area is 116 Å². The van der Waals surface area contributed by atoms with E-state index in [-0.39, 0.29) is 6.42 Å². The van der Waals surface area contributed by atoms with E-state index in [0.29, 0.717) is 4.20 Å². The number of thioether (sulfide) groups is 1. The monoisotopic (exact) mass is 282 g/mol. The molecule has 0 spiro atoms. The summed E-state index contributed by atoms with van der Waals surface area (Å²) in [5.74, 6) is -1.07. The second-order valence-corrected chi connectivity index (χ2v) is 5.58. The molecule has 0 radical (unpaired) electrons. The van der Waals surface area contributed by atoms with Crippen LogP contribution in [0.15, 0.2) is 30.3 Å². The second kappa shape index (κ2) is 7.28. The van der Waals surface area contributed by atoms with Crippen LogP contribution in [-0.2, 0) is 14.3 Å². The van der Waals surface area contributed by atoms with E-state index in [1.54, 1.807) is 13.8 Å². The molecule has 0 bridgehead atoms. The molecule has 96 valence electrons. The summed E-state index contributed by atoms with van der Waals surface area (Å²) in [5, 5.41) is -0.492. The second-order valence-electron chi connectivity index (χ2n) is 3.56. The maximum atomic E-state index is 11.6. The molecule has 0 saturated carbocycles. The highest BCUT2D eigenvalue weighted by atomic mass is 32.2. The van der Waals surface area contributed by atoms with Crippen LogP contribution in [0, 0.1) is 0 Å². The average Bonchev–Trinajstić information content (AvgIpc) is 2.39. The van der Waals surface area contributed by atoms with Crippen molar-refractivity contribution in [2.45, 2.75) is 25.5 Å². The number of benzene rings is 1. The first-order valence-corrected chi connectivity index (χ1v) is 6.84. The number of carbonyl (C=O) groups is 2. The van der Waals surface area contributed by atoms with Crippen molar-refractivity contribution in [2.24, 2.45) is 0 Å². The zero-order valence-corrected chi connectivity index (χ0v) is 11.8. The lowest BCUT2D eigenvalue weighted by Gasteiger charge is -2.10. The lowest BCUT2D eigenvalue weighted by Crippen LogP contribution is -2.21. The fourth-order valence-electron chi connectivity index (χ4n) is 1.12. The molecule has 1 aromatic rings. The van der Waals surface area contributed by atoms with Gasteiger partial charge < -0.3 is 4.74 Å². The zero-order valence-electron chi connectivity index (χ0n) is 10.2. The van der Waals surface area contributed by atoms with Gasteiger partial charge in [0, 0.05) is 6.42 Å². The minimum atomic E-state index is -0.551. The van der Waals surface area contributed by atoms with Crippen LogP contribution >= 0.6 is 24.0 Å². The number of thiocarbonyl (C=S) groups is 1. The molecule has 0 aliphatic rings. The molecule has 1 rings (SSSR count). The number of hydrogen-bond acceptors (Lipinski definition) is 5. The molecule has 0 saturated heterocycles. The van der Waals surface area contributed by atoms with Crippen molar-refractivity contribution in [2.75, 3.05) is 0 Å². The summed E-state index contributed by atoms with van der Waals surface area (Å²) in [7, 11) is 0. The summed E-state index contributed by atoms with van der Waals surface area (Å²) >= 11 is 6.45. The Morgan fingerprint density at radius 2 is 1.94 bits per heavy atom. The van der Waals surface area contributed by atoms with Crippen molar-refractivity contribution in [1.29, 1.82) is 0 Å². The maximum Gasteiger partial charge on any atom is 0.326 e. The molecule has 0 aliphatic heterocycles. The first-order valence-electron chi connectivity index (χ1n) is 5.55. The van der Waals surface area contributed by atoms with Gasteiger partial charge in [0.05, 0.1) is 4.20 Å². The topological polar surface area (TPSA) is 43.4 Å². The Bertz CT molecular complexity index is 443. The molecular weight excluding hydrogens is 268 g/mol. The highest BCUT2D eigenvalue weighted by Gasteiger charge is 2.20. The van der Waals surface area contributed by atoms with E-state index in [4.69, 9.17) is 12.2 Å². The van der Waals surface area contributed by atoms with Crippen LogP contribution in [0.1, 0.15) is 25.8 Å². The molecule has 1 atom stereocenters. The predicted molar refractivity (Wildman–Crippen MR) is 76.6 cm³/mol. The number of rotatable bonds is 4. The van der Waals surface area contributed by atoms with Crippen molar-refractivity contribution in [1.82, 2.24) is 0 Å². The van der Waals surface area contributed by atoms with Gasteiger partial charge in [0.25, 0.3) is 0 Å². The van der Waals surface area contributed by atoms with Crippen molar-refractivity contribution < 1.29 is 14.3 Å². The van der Waals surface area contributed by atoms with Crippen LogP contribution in [0.5, 0.6) is 0 Å². The maximum absolute atomic E-state index is 11.6. The van der Waals surface area contributed by atoms with E-state index in [0.717, 1.165) is 5.56 Å². The third-order valence-corrected chi connectivity index (χ3v) is 3.65. The van der Waals surface area contributed by atoms with Crippen LogP contribution in [-0.4, -0.2) is 21.4 Å². The molecular formula is C13H14O3S2. The Hall–Kier alpha value is -1.20. The van der Waals surface area contributed by atoms with E-state index >= 15 is 0 Å². The number of ether oxygens (including phenoxy) is 1. The summed E-state index contributed by atoms with van der Waals surface area (Å²) < 4.78 is 5.25. The molecule has 0 heterocycles. The van der Waals surface area contributed by atoms with Gasteiger partial charge in [0.2, 0.25) is 0 Å². The molecule has 18 heavy (non-hydrogen) atoms. The highest BCUT2D eigenvalue weighted by Crippen LogP contribution is 2.20. The molecule has 1 aromatic carbocycles. The Balaban J connectivity index is 2.55. The summed E-state index contributed by atoms with van der Waals surface area (Å²) in [4.78, 5) is 22.6. The number of carbonyl (C=O) groups excluding carboxylic acids is 2. The van der Waals surface area contributed by atoms with Crippen molar-refractivity contribution in [3.05, 3.63) is 35.9 Å². The van der Waals surface area contributed by atoms with Crippen LogP contribution in [0.4, 0.5) is 0 Å². The molecule has 0 N–H and O–H groups in total. The molecule has 1 unspecified atom stereocenters. The number of hydrogen-bond donors (Lipinski definition) is 0. The van der Waals surface area contributed by atoms with Crippen LogP contribution in [0.3, 0.4) is 0 Å². The van der Waals surface area contributed by atoms with Crippen molar-refractivity contribution in [3.8, 4) is 0 Å². The number of esters is 2. The lowest BCUT2D eigenvalue weighted by atomic mass is 10.2. The lowest BCUT2D eigenvalue weighted by molar-refractivity contribution is -0.158. The largest absolute Gasteiger partial charge is 0.392 e. The minimum absolute atomic E-state index is 0.187. The Morgan fingerprint density at radius 3 is 2.50 bits per heavy atom. The molecule has 0 fully saturated rings. The molecule has 3 nitrogen and oxygen atoms in total. The van der Waals surface area contributed by atoms with Crippen LogP contribution < -0.4 is 0 Å². The fraction of sp³-hybridized carbons (Fsp3) is 0.308. The summed E-state index contributed by atoms with van der Waals surface area (Å²) in [6.07, 6.45) is 0.187. The quantitative estimate of drug-likeness (QED) is 0.482. The van der Waals surface area contributed by atoms with E-state index in [1.807, 2.05) is 30.3 Å². The van der Waals surface area contributed by atoms with Gasteiger partial charge in [-0.3, -0.25) is 9.59 Å². The standard InChI is InChI=1S/C13H14O3S2/c1-3-11(14)16-12(15)9(2)18-13(17)10-7-5-4-6-8-10/h4-9H,3H2,1-2H3. The molecule has 0 aromatic heterocycles. The van der Waals surface area contributed by atoms with E-state index in [9.17, 15) is 9.59 Å². The third kappa shape index (κ3) is 4.58. The molecule has 0 aliphatic carbocycles. The van der Waals surface area contributed by atoms with E-state index in [2.05, 4.69) is 4.74 Å². The van der Waals surface area contributed by atoms with E-state index < -0.39 is 17.2 Å². The van der Waals surface area contributed by atoms with Crippen molar-refractivity contribution in [3.63, 3.8) is 0 Å². The van der Waals surface area contributed by atoms with E-state index in [1.165, 1.54) is 11.8 Å². The summed E-state index contributed by atoms with van der Waals surface area (Å²) in [6, 6.07) is 9.42. The van der Waals surface area contributed by atoms with Gasteiger partial charge in [0.1, 0.15) is 5.25 Å². The third-order valence-electron chi connectivity index (χ3n) is 2.13. The van der Waals surface area contributed by atoms with Gasteiger partial charge >= 0.3 is 11.9 Å². The first-order chi connectivity index (χ1) is 8.54. The average molecular weight is 282 g/mol. The summed E-state index contributed by atoms with van der Waals surface area (Å²) in [6.45, 7) is 3.31. The van der Waals surface area contributed by atoms with Gasteiger partial charge in [-0.25, -0.2) is 0 Å². The smallest absolute Gasteiger partial charge is 0.326 e. The predicted octanol–water partition coefficient (Wildman–Crippen LogP) is 2.96. The fourth-order valence-corrected chi connectivity index (χ4v) is 2.43. The minimum Gasteiger partial charge on any atom is -0.392 e. The summed E-state index contributed by atoms with van der Waals surface area (Å²) in [5.41, 5.74) is 0.888. The normalized spacial score (nSPS) is 11.7. The SMILES string of the molecule is CCC(=O)OC(=O)C(C)SC(=S)c1ccccc1. The van der Waals surface area contributed by atoms with Crippen LogP contribution in [0.25, 0.3) is 0 Å². The molecule has 5 heteroatoms. The van der Waals surface area contributed by atoms with Gasteiger partial charge in [-0.15, -0.1) is 0 Å². The van der Waals surface area contributed by atoms with Gasteiger partial charge in [-0.1, -0.05) is 61.2 Å². The van der Waals surface area contributed by atoms with Gasteiger partial charge in [-0.2, -0.15) is 0 Å². The zero-order chi connectivity index (χ0) is 13.5. The Morgan fingerprint density at radius 1 is 1.33 bits per heavy atom. The van der Waals surface area contributed by atoms with Crippen molar-refractivity contribution >= 4 is 40.1 Å². The van der Waals surface area contributed by atoms with Crippen LogP contribution in [0.2, 0.25) is 0 Å². The highest BCUT2D eigenvalue weighted by molar-refractivity contribution is 8.24. The first kappa shape index (κ1) is 14.9. The Kier molecular flexibility index (Phi) is 6.01. The van der Waals surface area contributed by atoms with Gasteiger partial charge in [0.15, 0.2) is 0 Å².